The van der Waals surface area contributed by atoms with Gasteiger partial charge in [0.25, 0.3) is 0 Å². The van der Waals surface area contributed by atoms with E-state index in [1.54, 1.807) is 0 Å². The van der Waals surface area contributed by atoms with Crippen LogP contribution in [0.25, 0.3) is 77.4 Å². The Labute approximate surface area is 341 Å². The molecule has 1 N–H and O–H groups in total. The van der Waals surface area contributed by atoms with Crippen LogP contribution < -0.4 is 25.9 Å². The van der Waals surface area contributed by atoms with E-state index in [9.17, 15) is 0 Å². The molecular formula is C53H35BN4O. The van der Waals surface area contributed by atoms with E-state index >= 15 is 0 Å². The number of hydrogen-bond acceptors (Lipinski definition) is 3. The number of allylic oxidation sites excluding steroid dienone is 2. The first-order valence-corrected chi connectivity index (χ1v) is 20.2. The van der Waals surface area contributed by atoms with E-state index in [0.29, 0.717) is 0 Å². The van der Waals surface area contributed by atoms with Crippen LogP contribution in [0, 0.1) is 0 Å². The Balaban J connectivity index is 1.15. The van der Waals surface area contributed by atoms with Gasteiger partial charge in [0.15, 0.2) is 18.8 Å². The molecule has 6 heteroatoms. The minimum Gasteiger partial charge on any atom is -0.453 e. The molecule has 3 aliphatic rings. The topological polar surface area (TPSA) is 34.4 Å². The lowest BCUT2D eigenvalue weighted by Gasteiger charge is -2.33. The third kappa shape index (κ3) is 4.46. The summed E-state index contributed by atoms with van der Waals surface area (Å²) in [6.07, 6.45) is 2.23. The number of nitrogens with zero attached hydrogens (tertiary/aromatic N) is 3. The van der Waals surface area contributed by atoms with Crippen molar-refractivity contribution in [1.82, 2.24) is 9.13 Å². The van der Waals surface area contributed by atoms with Crippen molar-refractivity contribution in [2.45, 2.75) is 0 Å². The largest absolute Gasteiger partial charge is 0.453 e. The quantitative estimate of drug-likeness (QED) is 0.182. The maximum Gasteiger partial charge on any atom is 0.198 e. The van der Waals surface area contributed by atoms with Crippen molar-refractivity contribution in [2.24, 2.45) is 0 Å². The molecule has 5 nitrogen and oxygen atoms in total. The van der Waals surface area contributed by atoms with Crippen LogP contribution in [0.1, 0.15) is 11.1 Å². The molecule has 5 heterocycles. The van der Waals surface area contributed by atoms with Gasteiger partial charge in [-0.2, -0.15) is 0 Å². The maximum atomic E-state index is 6.59. The molecule has 0 saturated carbocycles. The molecular weight excluding hydrogens is 719 g/mol. The Bertz CT molecular complexity index is 3470. The summed E-state index contributed by atoms with van der Waals surface area (Å²) >= 11 is 0. The molecule has 0 amide bonds. The normalized spacial score (nSPS) is 13.7. The Morgan fingerprint density at radius 2 is 1.22 bits per heavy atom. The molecule has 59 heavy (non-hydrogen) atoms. The molecule has 8 aromatic carbocycles. The number of nitrogens with one attached hydrogen (secondary N) is 1. The molecule has 10 aromatic rings. The van der Waals surface area contributed by atoms with E-state index < -0.39 is 0 Å². The lowest BCUT2D eigenvalue weighted by Crippen LogP contribution is -2.38. The van der Waals surface area contributed by atoms with Gasteiger partial charge >= 0.3 is 0 Å². The van der Waals surface area contributed by atoms with Gasteiger partial charge in [0, 0.05) is 51.1 Å². The Morgan fingerprint density at radius 1 is 0.559 bits per heavy atom. The van der Waals surface area contributed by atoms with Crippen molar-refractivity contribution in [2.75, 3.05) is 17.3 Å². The molecule has 3 aliphatic heterocycles. The summed E-state index contributed by atoms with van der Waals surface area (Å²) in [5, 5.41) is 8.76. The van der Waals surface area contributed by atoms with Gasteiger partial charge in [0.2, 0.25) is 0 Å². The van der Waals surface area contributed by atoms with E-state index in [1.165, 1.54) is 71.4 Å². The first-order chi connectivity index (χ1) is 29.1. The van der Waals surface area contributed by atoms with Gasteiger partial charge in [-0.25, -0.2) is 0 Å². The smallest absolute Gasteiger partial charge is 0.198 e. The molecule has 0 bridgehead atoms. The summed E-state index contributed by atoms with van der Waals surface area (Å²) in [6, 6.07) is 59.1. The third-order valence-electron chi connectivity index (χ3n) is 12.8. The second-order valence-electron chi connectivity index (χ2n) is 15.9. The number of hydrogen-bond donors (Lipinski definition) is 1. The zero-order valence-corrected chi connectivity index (χ0v) is 32.3. The highest BCUT2D eigenvalue weighted by atomic mass is 16.5. The van der Waals surface area contributed by atoms with Gasteiger partial charge in [0.1, 0.15) is 0 Å². The third-order valence-corrected chi connectivity index (χ3v) is 12.8. The van der Waals surface area contributed by atoms with Gasteiger partial charge in [-0.1, -0.05) is 127 Å². The number of rotatable bonds is 3. The summed E-state index contributed by atoms with van der Waals surface area (Å²) in [6.45, 7) is 4.62. The van der Waals surface area contributed by atoms with Gasteiger partial charge in [-0.15, -0.1) is 0 Å². The molecule has 0 unspecified atom stereocenters. The molecule has 276 valence electrons. The van der Waals surface area contributed by atoms with Gasteiger partial charge in [-0.3, -0.25) is 0 Å². The molecule has 0 aliphatic carbocycles. The van der Waals surface area contributed by atoms with Crippen molar-refractivity contribution in [1.29, 1.82) is 0 Å². The molecule has 2 aromatic heterocycles. The summed E-state index contributed by atoms with van der Waals surface area (Å²) in [5.41, 5.74) is 19.6. The van der Waals surface area contributed by atoms with Crippen LogP contribution in [0.3, 0.4) is 0 Å². The predicted molar refractivity (Wildman–Crippen MR) is 249 cm³/mol. The van der Waals surface area contributed by atoms with Crippen LogP contribution >= 0.6 is 0 Å². The molecule has 0 atom stereocenters. The first-order valence-electron chi connectivity index (χ1n) is 20.2. The highest BCUT2D eigenvalue weighted by molar-refractivity contribution is 6.73. The number of anilines is 3. The number of ether oxygens (including phenoxy) is 1. The summed E-state index contributed by atoms with van der Waals surface area (Å²) in [5.74, 6) is 1.64. The minimum absolute atomic E-state index is 0.756. The monoisotopic (exact) mass is 754 g/mol. The lowest BCUT2D eigenvalue weighted by molar-refractivity contribution is 0.481. The van der Waals surface area contributed by atoms with E-state index in [-0.39, 0.29) is 0 Å². The van der Waals surface area contributed by atoms with Crippen LogP contribution in [0.2, 0.25) is 0 Å². The van der Waals surface area contributed by atoms with Crippen LogP contribution in [-0.2, 0) is 0 Å². The highest BCUT2D eigenvalue weighted by Crippen LogP contribution is 2.49. The standard InChI is InChI=1S/C53H35BN4O/c1-31-27-44(32-15-4-3-5-16-32)56(2)45-30-46-39(28-37(31)45)54-51-38(35-20-14-26-49-52(35)55-40-21-9-13-25-48(40)59-49)29-47(50-36-19-8-12-24-43(36)58(46)53(50)51)57-41-22-10-6-17-33(41)34-18-7-11-23-42(34)57/h3-30,54-55H,1H2,2H3. The number of benzene rings is 8. The fourth-order valence-corrected chi connectivity index (χ4v) is 10.2. The molecule has 0 saturated heterocycles. The summed E-state index contributed by atoms with van der Waals surface area (Å²) in [7, 11) is 2.94. The Kier molecular flexibility index (Phi) is 6.54. The molecule has 0 spiro atoms. The fourth-order valence-electron chi connectivity index (χ4n) is 10.2. The van der Waals surface area contributed by atoms with Crippen molar-refractivity contribution < 1.29 is 4.74 Å². The summed E-state index contributed by atoms with van der Waals surface area (Å²) in [4.78, 5) is 2.33. The maximum absolute atomic E-state index is 6.59. The first kappa shape index (κ1) is 32.4. The Hall–Kier alpha value is -7.70. The SMILES string of the molecule is C=C1C=C(c2ccccc2)N(C)c2cc3c(cc21)Bc1c(-c2cccc4c2Nc2ccccc2O4)cc(-n2c4ccccc4c4ccccc42)c2c4ccccc4n-3c12. The van der Waals surface area contributed by atoms with Gasteiger partial charge < -0.3 is 24.1 Å². The van der Waals surface area contributed by atoms with E-state index in [0.717, 1.165) is 63.9 Å². The number of para-hydroxylation sites is 6. The molecule has 0 fully saturated rings. The highest BCUT2D eigenvalue weighted by Gasteiger charge is 2.33. The average molecular weight is 755 g/mol. The van der Waals surface area contributed by atoms with Crippen LogP contribution in [0.15, 0.2) is 176 Å². The fraction of sp³-hybridized carbons (Fsp3) is 0.0189. The summed E-state index contributed by atoms with van der Waals surface area (Å²) < 4.78 is 11.6. The predicted octanol–water partition coefficient (Wildman–Crippen LogP) is 11.6. The van der Waals surface area contributed by atoms with Crippen LogP contribution in [-0.4, -0.2) is 23.5 Å². The van der Waals surface area contributed by atoms with Crippen LogP contribution in [0.4, 0.5) is 17.1 Å². The van der Waals surface area contributed by atoms with Crippen molar-refractivity contribution in [3.8, 4) is 34.0 Å². The zero-order chi connectivity index (χ0) is 38.9. The van der Waals surface area contributed by atoms with Gasteiger partial charge in [0.05, 0.1) is 44.8 Å². The van der Waals surface area contributed by atoms with Crippen molar-refractivity contribution in [3.63, 3.8) is 0 Å². The van der Waals surface area contributed by atoms with Crippen molar-refractivity contribution >= 4 is 90.1 Å². The molecule has 13 rings (SSSR count). The zero-order valence-electron chi connectivity index (χ0n) is 32.3. The van der Waals surface area contributed by atoms with E-state index in [4.69, 9.17) is 4.74 Å². The average Bonchev–Trinajstić information content (AvgIpc) is 3.81. The van der Waals surface area contributed by atoms with E-state index in [2.05, 4.69) is 191 Å². The Morgan fingerprint density at radius 3 is 2.00 bits per heavy atom. The second kappa shape index (κ2) is 11.9. The minimum atomic E-state index is 0.756. The van der Waals surface area contributed by atoms with Gasteiger partial charge in [-0.05, 0) is 76.8 Å². The number of fused-ring (bicyclic) bond motifs is 11. The molecule has 0 radical (unpaired) electrons. The second-order valence-corrected chi connectivity index (χ2v) is 15.9. The lowest BCUT2D eigenvalue weighted by atomic mass is 9.58. The van der Waals surface area contributed by atoms with Crippen molar-refractivity contribution in [3.05, 3.63) is 188 Å². The number of aromatic nitrogens is 2. The van der Waals surface area contributed by atoms with Crippen LogP contribution in [0.5, 0.6) is 11.5 Å². The van der Waals surface area contributed by atoms with E-state index in [1.807, 2.05) is 12.1 Å².